The van der Waals surface area contributed by atoms with Crippen molar-refractivity contribution < 1.29 is 9.32 Å². The minimum atomic E-state index is -0.188. The first-order chi connectivity index (χ1) is 13.4. The van der Waals surface area contributed by atoms with E-state index in [9.17, 15) is 4.79 Å². The molecule has 1 aromatic heterocycles. The van der Waals surface area contributed by atoms with Crippen molar-refractivity contribution in [3.63, 3.8) is 0 Å². The van der Waals surface area contributed by atoms with E-state index in [4.69, 9.17) is 4.52 Å². The molecule has 150 valence electrons. The highest BCUT2D eigenvalue weighted by molar-refractivity contribution is 5.90. The number of rotatable bonds is 4. The number of carbonyl (C=O) groups is 1. The second kappa shape index (κ2) is 7.20. The highest BCUT2D eigenvalue weighted by Crippen LogP contribution is 2.64. The van der Waals surface area contributed by atoms with Gasteiger partial charge in [-0.05, 0) is 75.9 Å². The quantitative estimate of drug-likeness (QED) is 0.874. The minimum Gasteiger partial charge on any atom is -0.337 e. The molecule has 0 unspecified atom stereocenters. The van der Waals surface area contributed by atoms with Crippen molar-refractivity contribution >= 4 is 11.7 Å². The van der Waals surface area contributed by atoms with Crippen LogP contribution in [0.4, 0.5) is 10.5 Å². The molecule has 2 amide bonds. The molecule has 0 bridgehead atoms. The number of nitrogens with zero attached hydrogens (tertiary/aromatic N) is 4. The highest BCUT2D eigenvalue weighted by Gasteiger charge is 2.57. The van der Waals surface area contributed by atoms with Crippen LogP contribution in [0.15, 0.2) is 22.7 Å². The molecular weight excluding hydrogens is 354 g/mol. The number of urea groups is 1. The lowest BCUT2D eigenvalue weighted by Gasteiger charge is -2.29. The van der Waals surface area contributed by atoms with Crippen LogP contribution in [-0.4, -0.2) is 53.2 Å². The predicted octanol–water partition coefficient (Wildman–Crippen LogP) is 3.55. The molecule has 0 radical (unpaired) electrons. The molecule has 7 nitrogen and oxygen atoms in total. The summed E-state index contributed by atoms with van der Waals surface area (Å²) in [5, 5.41) is 7.17. The van der Waals surface area contributed by atoms with E-state index in [0.717, 1.165) is 42.1 Å². The Kier molecular flexibility index (Phi) is 4.87. The van der Waals surface area contributed by atoms with Gasteiger partial charge in [-0.2, -0.15) is 4.98 Å². The van der Waals surface area contributed by atoms with Gasteiger partial charge in [0.2, 0.25) is 5.89 Å². The van der Waals surface area contributed by atoms with Gasteiger partial charge in [-0.25, -0.2) is 4.79 Å². The molecule has 1 N–H and O–H groups in total. The molecule has 4 rings (SSSR count). The second-order valence-electron chi connectivity index (χ2n) is 8.57. The van der Waals surface area contributed by atoms with Crippen molar-refractivity contribution in [2.45, 2.75) is 45.6 Å². The zero-order valence-corrected chi connectivity index (χ0v) is 17.2. The number of nitrogens with one attached hydrogen (secondary N) is 1. The number of anilines is 1. The Morgan fingerprint density at radius 2 is 2.11 bits per heavy atom. The SMILES string of the molecule is Cc1ccc(C)c(NC(=O)N(C)Cc2nc([C@H]3CC34CCN(C)CC4)no2)c1. The number of piperidine rings is 1. The van der Waals surface area contributed by atoms with Gasteiger partial charge in [0, 0.05) is 18.7 Å². The number of aryl methyl sites for hydroxylation is 2. The molecule has 28 heavy (non-hydrogen) atoms. The zero-order chi connectivity index (χ0) is 19.9. The first-order valence-electron chi connectivity index (χ1n) is 9.97. The van der Waals surface area contributed by atoms with E-state index in [1.165, 1.54) is 12.8 Å². The largest absolute Gasteiger partial charge is 0.337 e. The second-order valence-corrected chi connectivity index (χ2v) is 8.57. The summed E-state index contributed by atoms with van der Waals surface area (Å²) in [7, 11) is 3.91. The Morgan fingerprint density at radius 1 is 1.36 bits per heavy atom. The Balaban J connectivity index is 1.35. The van der Waals surface area contributed by atoms with E-state index in [1.54, 1.807) is 11.9 Å². The van der Waals surface area contributed by atoms with Crippen LogP contribution < -0.4 is 5.32 Å². The lowest BCUT2D eigenvalue weighted by molar-refractivity contribution is 0.199. The van der Waals surface area contributed by atoms with E-state index >= 15 is 0 Å². The molecule has 1 saturated carbocycles. The molecule has 1 saturated heterocycles. The van der Waals surface area contributed by atoms with Gasteiger partial charge in [0.05, 0.1) is 0 Å². The third-order valence-electron chi connectivity index (χ3n) is 6.32. The monoisotopic (exact) mass is 383 g/mol. The average molecular weight is 383 g/mol. The number of hydrogen-bond acceptors (Lipinski definition) is 5. The Morgan fingerprint density at radius 3 is 2.86 bits per heavy atom. The normalized spacial score (nSPS) is 20.9. The minimum absolute atomic E-state index is 0.188. The summed E-state index contributed by atoms with van der Waals surface area (Å²) in [4.78, 5) is 21.1. The molecule has 2 aromatic rings. The summed E-state index contributed by atoms with van der Waals surface area (Å²) in [5.74, 6) is 1.71. The standard InChI is InChI=1S/C21H29N5O2/c1-14-5-6-15(2)17(11-14)22-20(27)26(4)13-18-23-19(24-28-18)16-12-21(16)7-9-25(3)10-8-21/h5-6,11,16H,7-10,12-13H2,1-4H3,(H,22,27)/t16-/m1/s1. The van der Waals surface area contributed by atoms with Crippen LogP contribution in [0.1, 0.15) is 48.0 Å². The van der Waals surface area contributed by atoms with Crippen LogP contribution in [0.5, 0.6) is 0 Å². The van der Waals surface area contributed by atoms with Crippen LogP contribution in [-0.2, 0) is 6.54 Å². The molecule has 2 aliphatic rings. The van der Waals surface area contributed by atoms with E-state index in [0.29, 0.717) is 23.8 Å². The number of amides is 2. The first-order valence-corrected chi connectivity index (χ1v) is 9.97. The number of hydrogen-bond donors (Lipinski definition) is 1. The van der Waals surface area contributed by atoms with Crippen LogP contribution in [0.3, 0.4) is 0 Å². The summed E-state index contributed by atoms with van der Waals surface area (Å²) < 4.78 is 5.44. The molecule has 7 heteroatoms. The van der Waals surface area contributed by atoms with Gasteiger partial charge in [-0.1, -0.05) is 17.3 Å². The van der Waals surface area contributed by atoms with Crippen molar-refractivity contribution in [3.8, 4) is 0 Å². The van der Waals surface area contributed by atoms with Crippen LogP contribution in [0.2, 0.25) is 0 Å². The lowest BCUT2D eigenvalue weighted by atomic mass is 9.91. The van der Waals surface area contributed by atoms with Gasteiger partial charge in [0.25, 0.3) is 0 Å². The van der Waals surface area contributed by atoms with Crippen molar-refractivity contribution in [1.82, 2.24) is 19.9 Å². The van der Waals surface area contributed by atoms with E-state index < -0.39 is 0 Å². The van der Waals surface area contributed by atoms with E-state index in [-0.39, 0.29) is 6.03 Å². The van der Waals surface area contributed by atoms with Crippen molar-refractivity contribution in [3.05, 3.63) is 41.0 Å². The fraction of sp³-hybridized carbons (Fsp3) is 0.571. The highest BCUT2D eigenvalue weighted by atomic mass is 16.5. The maximum atomic E-state index is 12.5. The van der Waals surface area contributed by atoms with Gasteiger partial charge in [-0.15, -0.1) is 0 Å². The molecule has 1 aromatic carbocycles. The number of carbonyl (C=O) groups excluding carboxylic acids is 1. The molecule has 1 spiro atoms. The molecule has 1 atom stereocenters. The van der Waals surface area contributed by atoms with E-state index in [1.807, 2.05) is 32.0 Å². The van der Waals surface area contributed by atoms with Gasteiger partial charge in [-0.3, -0.25) is 0 Å². The lowest BCUT2D eigenvalue weighted by Crippen LogP contribution is -2.31. The smallest absolute Gasteiger partial charge is 0.322 e. The first kappa shape index (κ1) is 18.9. The van der Waals surface area contributed by atoms with Gasteiger partial charge in [0.15, 0.2) is 5.82 Å². The summed E-state index contributed by atoms with van der Waals surface area (Å²) in [5.41, 5.74) is 3.34. The summed E-state index contributed by atoms with van der Waals surface area (Å²) in [6.07, 6.45) is 3.56. The molecule has 1 aliphatic carbocycles. The Hall–Kier alpha value is -2.41. The maximum Gasteiger partial charge on any atom is 0.322 e. The molecule has 2 heterocycles. The van der Waals surface area contributed by atoms with Gasteiger partial charge in [0.1, 0.15) is 6.54 Å². The summed E-state index contributed by atoms with van der Waals surface area (Å²) in [6, 6.07) is 5.82. The van der Waals surface area contributed by atoms with E-state index in [2.05, 4.69) is 27.4 Å². The fourth-order valence-corrected chi connectivity index (χ4v) is 4.16. The number of aromatic nitrogens is 2. The fourth-order valence-electron chi connectivity index (χ4n) is 4.16. The molecular formula is C21H29N5O2. The number of benzene rings is 1. The molecule has 2 fully saturated rings. The van der Waals surface area contributed by atoms with Crippen molar-refractivity contribution in [1.29, 1.82) is 0 Å². The maximum absolute atomic E-state index is 12.5. The van der Waals surface area contributed by atoms with Crippen LogP contribution >= 0.6 is 0 Å². The van der Waals surface area contributed by atoms with Crippen LogP contribution in [0.25, 0.3) is 0 Å². The Bertz CT molecular complexity index is 869. The summed E-state index contributed by atoms with van der Waals surface area (Å²) >= 11 is 0. The topological polar surface area (TPSA) is 74.5 Å². The van der Waals surface area contributed by atoms with Crippen molar-refractivity contribution in [2.24, 2.45) is 5.41 Å². The van der Waals surface area contributed by atoms with Gasteiger partial charge < -0.3 is 19.6 Å². The number of likely N-dealkylation sites (tertiary alicyclic amines) is 1. The average Bonchev–Trinajstić information content (AvgIpc) is 3.17. The Labute approximate surface area is 166 Å². The zero-order valence-electron chi connectivity index (χ0n) is 17.2. The predicted molar refractivity (Wildman–Crippen MR) is 107 cm³/mol. The van der Waals surface area contributed by atoms with Crippen LogP contribution in [0, 0.1) is 19.3 Å². The molecule has 1 aliphatic heterocycles. The summed E-state index contributed by atoms with van der Waals surface area (Å²) in [6.45, 7) is 6.57. The van der Waals surface area contributed by atoms with Gasteiger partial charge >= 0.3 is 6.03 Å². The third-order valence-corrected chi connectivity index (χ3v) is 6.32. The van der Waals surface area contributed by atoms with Crippen molar-refractivity contribution in [2.75, 3.05) is 32.5 Å². The third kappa shape index (κ3) is 3.76.